The molecule has 0 bridgehead atoms. The molecule has 2 rings (SSSR count). The van der Waals surface area contributed by atoms with Gasteiger partial charge in [0.15, 0.2) is 0 Å². The molecule has 1 aromatic heterocycles. The molecule has 4 heteroatoms. The summed E-state index contributed by atoms with van der Waals surface area (Å²) < 4.78 is 1.61. The summed E-state index contributed by atoms with van der Waals surface area (Å²) in [4.78, 5) is 11.6. The summed E-state index contributed by atoms with van der Waals surface area (Å²) in [6, 6.07) is 9.60. The molecule has 19 heavy (non-hydrogen) atoms. The van der Waals surface area contributed by atoms with E-state index in [1.807, 2.05) is 31.2 Å². The number of primary amides is 1. The molecule has 0 fully saturated rings. The fraction of sp³-hybridized carbons (Fsp3) is 0.333. The molecule has 1 heterocycles. The predicted molar refractivity (Wildman–Crippen MR) is 75.5 cm³/mol. The quantitative estimate of drug-likeness (QED) is 0.898. The Morgan fingerprint density at radius 1 is 1.21 bits per heavy atom. The van der Waals surface area contributed by atoms with Gasteiger partial charge in [0.2, 0.25) is 0 Å². The van der Waals surface area contributed by atoms with Gasteiger partial charge in [-0.15, -0.1) is 0 Å². The van der Waals surface area contributed by atoms with Crippen molar-refractivity contribution in [2.24, 2.45) is 5.73 Å². The van der Waals surface area contributed by atoms with E-state index in [2.05, 4.69) is 25.9 Å². The fourth-order valence-electron chi connectivity index (χ4n) is 1.81. The van der Waals surface area contributed by atoms with E-state index < -0.39 is 5.91 Å². The van der Waals surface area contributed by atoms with Crippen LogP contribution in [0.3, 0.4) is 0 Å². The molecule has 1 amide bonds. The number of benzene rings is 1. The van der Waals surface area contributed by atoms with Crippen molar-refractivity contribution in [2.75, 3.05) is 0 Å². The van der Waals surface area contributed by atoms with Crippen molar-refractivity contribution < 1.29 is 4.79 Å². The maximum atomic E-state index is 11.6. The number of aryl methyl sites for hydroxylation is 1. The summed E-state index contributed by atoms with van der Waals surface area (Å²) in [6.45, 7) is 8.18. The SMILES string of the molecule is Cc1ccc(-n2nc(C(C)(C)C)cc2C(N)=O)cc1. The van der Waals surface area contributed by atoms with Crippen molar-refractivity contribution in [2.45, 2.75) is 33.1 Å². The minimum absolute atomic E-state index is 0.125. The van der Waals surface area contributed by atoms with Crippen molar-refractivity contribution in [3.63, 3.8) is 0 Å². The van der Waals surface area contributed by atoms with Gasteiger partial charge in [0.25, 0.3) is 5.91 Å². The zero-order valence-corrected chi connectivity index (χ0v) is 11.8. The second-order valence-electron chi connectivity index (χ2n) is 5.78. The Kier molecular flexibility index (Phi) is 3.18. The normalized spacial score (nSPS) is 11.6. The average molecular weight is 257 g/mol. The van der Waals surface area contributed by atoms with Crippen LogP contribution in [0.15, 0.2) is 30.3 Å². The molecule has 0 spiro atoms. The Morgan fingerprint density at radius 3 is 2.26 bits per heavy atom. The van der Waals surface area contributed by atoms with Gasteiger partial charge in [-0.3, -0.25) is 4.79 Å². The maximum absolute atomic E-state index is 11.6. The average Bonchev–Trinajstić information content (AvgIpc) is 2.74. The number of aromatic nitrogens is 2. The number of nitrogens with two attached hydrogens (primary N) is 1. The maximum Gasteiger partial charge on any atom is 0.267 e. The lowest BCUT2D eigenvalue weighted by molar-refractivity contribution is 0.0993. The third-order valence-corrected chi connectivity index (χ3v) is 3.01. The molecule has 100 valence electrons. The van der Waals surface area contributed by atoms with Gasteiger partial charge in [-0.05, 0) is 25.1 Å². The van der Waals surface area contributed by atoms with Crippen molar-refractivity contribution in [3.05, 3.63) is 47.3 Å². The standard InChI is InChI=1S/C15H19N3O/c1-10-5-7-11(8-6-10)18-12(14(16)19)9-13(17-18)15(2,3)4/h5-9H,1-4H3,(H2,16,19). The third kappa shape index (κ3) is 2.67. The molecule has 0 aliphatic heterocycles. The number of carbonyl (C=O) groups excluding carboxylic acids is 1. The van der Waals surface area contributed by atoms with Crippen LogP contribution in [0, 0.1) is 6.92 Å². The fourth-order valence-corrected chi connectivity index (χ4v) is 1.81. The summed E-state index contributed by atoms with van der Waals surface area (Å²) in [7, 11) is 0. The Labute approximate surface area is 113 Å². The molecule has 0 saturated carbocycles. The van der Waals surface area contributed by atoms with Gasteiger partial charge in [0.1, 0.15) is 5.69 Å². The summed E-state index contributed by atoms with van der Waals surface area (Å²) in [5.41, 5.74) is 8.58. The molecule has 0 saturated heterocycles. The largest absolute Gasteiger partial charge is 0.364 e. The number of amides is 1. The van der Waals surface area contributed by atoms with E-state index in [-0.39, 0.29) is 5.41 Å². The molecule has 0 unspecified atom stereocenters. The van der Waals surface area contributed by atoms with Gasteiger partial charge in [-0.1, -0.05) is 38.5 Å². The van der Waals surface area contributed by atoms with Crippen LogP contribution in [0.1, 0.15) is 42.5 Å². The second kappa shape index (κ2) is 4.53. The van der Waals surface area contributed by atoms with E-state index in [4.69, 9.17) is 5.73 Å². The number of hydrogen-bond acceptors (Lipinski definition) is 2. The summed E-state index contributed by atoms with van der Waals surface area (Å²) in [5, 5.41) is 4.52. The molecule has 0 aliphatic rings. The molecule has 4 nitrogen and oxygen atoms in total. The Morgan fingerprint density at radius 2 is 1.79 bits per heavy atom. The second-order valence-corrected chi connectivity index (χ2v) is 5.78. The van der Waals surface area contributed by atoms with Crippen LogP contribution >= 0.6 is 0 Å². The summed E-state index contributed by atoms with van der Waals surface area (Å²) in [5.74, 6) is -0.469. The zero-order valence-electron chi connectivity index (χ0n) is 11.8. The smallest absolute Gasteiger partial charge is 0.267 e. The lowest BCUT2D eigenvalue weighted by atomic mass is 9.92. The molecule has 0 aliphatic carbocycles. The van der Waals surface area contributed by atoms with E-state index in [0.717, 1.165) is 16.9 Å². The highest BCUT2D eigenvalue weighted by Gasteiger charge is 2.22. The number of carbonyl (C=O) groups is 1. The van der Waals surface area contributed by atoms with Gasteiger partial charge in [0, 0.05) is 5.41 Å². The monoisotopic (exact) mass is 257 g/mol. The van der Waals surface area contributed by atoms with Gasteiger partial charge < -0.3 is 5.73 Å². The van der Waals surface area contributed by atoms with Crippen molar-refractivity contribution in [3.8, 4) is 5.69 Å². The molecule has 2 N–H and O–H groups in total. The Balaban J connectivity index is 2.58. The van der Waals surface area contributed by atoms with Crippen LogP contribution in [0.25, 0.3) is 5.69 Å². The highest BCUT2D eigenvalue weighted by molar-refractivity contribution is 5.91. The van der Waals surface area contributed by atoms with Crippen LogP contribution < -0.4 is 5.73 Å². The van der Waals surface area contributed by atoms with Crippen molar-refractivity contribution in [1.82, 2.24) is 9.78 Å². The lowest BCUT2D eigenvalue weighted by Crippen LogP contribution is -2.16. The predicted octanol–water partition coefficient (Wildman–Crippen LogP) is 2.58. The third-order valence-electron chi connectivity index (χ3n) is 3.01. The molecule has 2 aromatic rings. The number of nitrogens with zero attached hydrogens (tertiary/aromatic N) is 2. The number of hydrogen-bond donors (Lipinski definition) is 1. The van der Waals surface area contributed by atoms with E-state index in [1.165, 1.54) is 0 Å². The van der Waals surface area contributed by atoms with E-state index in [9.17, 15) is 4.79 Å². The molecular formula is C15H19N3O. The van der Waals surface area contributed by atoms with Crippen molar-refractivity contribution >= 4 is 5.91 Å². The molecule has 1 aromatic carbocycles. The zero-order chi connectivity index (χ0) is 14.2. The summed E-state index contributed by atoms with van der Waals surface area (Å²) in [6.07, 6.45) is 0. The van der Waals surface area contributed by atoms with E-state index in [1.54, 1.807) is 10.7 Å². The first kappa shape index (κ1) is 13.3. The molecule has 0 radical (unpaired) electrons. The van der Waals surface area contributed by atoms with E-state index >= 15 is 0 Å². The first-order chi connectivity index (χ1) is 8.79. The first-order valence-electron chi connectivity index (χ1n) is 6.26. The van der Waals surface area contributed by atoms with Crippen LogP contribution in [0.5, 0.6) is 0 Å². The van der Waals surface area contributed by atoms with Crippen LogP contribution in [0.4, 0.5) is 0 Å². The Hall–Kier alpha value is -2.10. The van der Waals surface area contributed by atoms with Gasteiger partial charge in [-0.2, -0.15) is 5.10 Å². The first-order valence-corrected chi connectivity index (χ1v) is 6.26. The summed E-state index contributed by atoms with van der Waals surface area (Å²) >= 11 is 0. The van der Waals surface area contributed by atoms with Gasteiger partial charge in [0.05, 0.1) is 11.4 Å². The van der Waals surface area contributed by atoms with Crippen molar-refractivity contribution in [1.29, 1.82) is 0 Å². The topological polar surface area (TPSA) is 60.9 Å². The molecule has 0 atom stereocenters. The minimum atomic E-state index is -0.469. The molecular weight excluding hydrogens is 238 g/mol. The van der Waals surface area contributed by atoms with Crippen LogP contribution in [-0.2, 0) is 5.41 Å². The highest BCUT2D eigenvalue weighted by atomic mass is 16.1. The van der Waals surface area contributed by atoms with E-state index in [0.29, 0.717) is 5.69 Å². The van der Waals surface area contributed by atoms with Crippen LogP contribution in [-0.4, -0.2) is 15.7 Å². The highest BCUT2D eigenvalue weighted by Crippen LogP contribution is 2.23. The number of rotatable bonds is 2. The van der Waals surface area contributed by atoms with Gasteiger partial charge in [-0.25, -0.2) is 4.68 Å². The minimum Gasteiger partial charge on any atom is -0.364 e. The van der Waals surface area contributed by atoms with Gasteiger partial charge >= 0.3 is 0 Å². The van der Waals surface area contributed by atoms with Crippen LogP contribution in [0.2, 0.25) is 0 Å². The lowest BCUT2D eigenvalue weighted by Gasteiger charge is -2.14. The Bertz CT molecular complexity index is 603.